The van der Waals surface area contributed by atoms with Gasteiger partial charge in [0.05, 0.1) is 23.4 Å². The lowest BCUT2D eigenvalue weighted by Gasteiger charge is -2.17. The predicted molar refractivity (Wildman–Crippen MR) is 138 cm³/mol. The Bertz CT molecular complexity index is 1340. The Balaban J connectivity index is 1.50. The summed E-state index contributed by atoms with van der Waals surface area (Å²) in [6.07, 6.45) is 2.52. The Hall–Kier alpha value is -3.66. The Morgan fingerprint density at radius 1 is 1.00 bits per heavy atom. The third kappa shape index (κ3) is 6.31. The van der Waals surface area contributed by atoms with Crippen LogP contribution in [-0.4, -0.2) is 49.4 Å². The third-order valence-electron chi connectivity index (χ3n) is 5.50. The van der Waals surface area contributed by atoms with Gasteiger partial charge in [0.1, 0.15) is 17.5 Å². The second-order valence-corrected chi connectivity index (χ2v) is 8.73. The van der Waals surface area contributed by atoms with Gasteiger partial charge < -0.3 is 20.8 Å². The highest BCUT2D eigenvalue weighted by Crippen LogP contribution is 2.27. The largest absolute Gasteiger partial charge is 0.394 e. The zero-order valence-electron chi connectivity index (χ0n) is 19.8. The first kappa shape index (κ1) is 25.4. The average molecular weight is 509 g/mol. The van der Waals surface area contributed by atoms with Crippen LogP contribution in [0.15, 0.2) is 60.9 Å². The molecule has 0 radical (unpaired) electrons. The molecule has 2 aromatic heterocycles. The van der Waals surface area contributed by atoms with Crippen LogP contribution in [0.25, 0.3) is 22.4 Å². The summed E-state index contributed by atoms with van der Waals surface area (Å²) in [5.41, 5.74) is 4.01. The van der Waals surface area contributed by atoms with Gasteiger partial charge >= 0.3 is 0 Å². The Labute approximate surface area is 213 Å². The molecule has 186 valence electrons. The number of hydrogen-bond donors (Lipinski definition) is 4. The molecular weight excluding hydrogens is 483 g/mol. The minimum atomic E-state index is -0.874. The summed E-state index contributed by atoms with van der Waals surface area (Å²) < 4.78 is 14.0. The highest BCUT2D eigenvalue weighted by Gasteiger charge is 2.12. The van der Waals surface area contributed by atoms with Gasteiger partial charge in [0, 0.05) is 42.2 Å². The number of hydrogen-bond acceptors (Lipinski definition) is 8. The van der Waals surface area contributed by atoms with Gasteiger partial charge in [-0.3, -0.25) is 0 Å². The maximum Gasteiger partial charge on any atom is 0.222 e. The van der Waals surface area contributed by atoms with Crippen molar-refractivity contribution < 1.29 is 14.6 Å². The fourth-order valence-corrected chi connectivity index (χ4v) is 3.70. The lowest BCUT2D eigenvalue weighted by atomic mass is 10.0. The molecular formula is C26H26ClFN6O2. The van der Waals surface area contributed by atoms with Gasteiger partial charge in [-0.05, 0) is 43.2 Å². The Morgan fingerprint density at radius 2 is 1.78 bits per heavy atom. The Morgan fingerprint density at radius 3 is 2.50 bits per heavy atom. The molecule has 1 unspecified atom stereocenters. The number of aromatic nitrogens is 4. The van der Waals surface area contributed by atoms with Gasteiger partial charge in [-0.1, -0.05) is 35.9 Å². The zero-order chi connectivity index (χ0) is 25.7. The molecule has 36 heavy (non-hydrogen) atoms. The minimum absolute atomic E-state index is 0.0631. The number of halogens is 2. The highest BCUT2D eigenvalue weighted by molar-refractivity contribution is 6.30. The van der Waals surface area contributed by atoms with Crippen molar-refractivity contribution in [3.05, 3.63) is 83.2 Å². The molecule has 2 aromatic carbocycles. The number of anilines is 2. The quantitative estimate of drug-likeness (QED) is 0.258. The van der Waals surface area contributed by atoms with Gasteiger partial charge in [0.2, 0.25) is 5.95 Å². The van der Waals surface area contributed by atoms with E-state index >= 15 is 0 Å². The predicted octanol–water partition coefficient (Wildman–Crippen LogP) is 4.64. The average Bonchev–Trinajstić information content (AvgIpc) is 2.88. The van der Waals surface area contributed by atoms with Crippen LogP contribution in [-0.2, 0) is 0 Å². The lowest BCUT2D eigenvalue weighted by molar-refractivity contribution is 0.105. The molecule has 4 N–H and O–H groups in total. The van der Waals surface area contributed by atoms with Crippen LogP contribution in [0.4, 0.5) is 16.2 Å². The number of rotatable bonds is 9. The summed E-state index contributed by atoms with van der Waals surface area (Å²) >= 11 is 5.81. The van der Waals surface area contributed by atoms with Crippen LogP contribution in [0, 0.1) is 12.7 Å². The zero-order valence-corrected chi connectivity index (χ0v) is 20.5. The fourth-order valence-electron chi connectivity index (χ4n) is 3.58. The van der Waals surface area contributed by atoms with Crippen molar-refractivity contribution in [2.75, 3.05) is 23.8 Å². The molecule has 0 bridgehead atoms. The molecule has 0 aliphatic heterocycles. The summed E-state index contributed by atoms with van der Waals surface area (Å²) in [5, 5.41) is 24.7. The van der Waals surface area contributed by atoms with Crippen LogP contribution >= 0.6 is 11.6 Å². The summed E-state index contributed by atoms with van der Waals surface area (Å²) in [6, 6.07) is 14.3. The molecule has 0 aliphatic rings. The summed E-state index contributed by atoms with van der Waals surface area (Å²) in [4.78, 5) is 17.5. The SMILES string of the molecule is Cc1nc(N[C@@H](C)c2cccc(-c3cnc(NCC(O)CO)nc3)c2)cc(-c2ccc(Cl)c(F)c2)n1. The van der Waals surface area contributed by atoms with Crippen LogP contribution in [0.2, 0.25) is 5.02 Å². The number of aryl methyl sites for hydroxylation is 1. The van der Waals surface area contributed by atoms with Gasteiger partial charge in [0.25, 0.3) is 0 Å². The van der Waals surface area contributed by atoms with Crippen LogP contribution in [0.1, 0.15) is 24.4 Å². The first-order chi connectivity index (χ1) is 17.3. The molecule has 0 spiro atoms. The van der Waals surface area contributed by atoms with Gasteiger partial charge in [-0.15, -0.1) is 0 Å². The number of benzene rings is 2. The highest BCUT2D eigenvalue weighted by atomic mass is 35.5. The van der Waals surface area contributed by atoms with E-state index in [0.717, 1.165) is 16.7 Å². The van der Waals surface area contributed by atoms with Crippen LogP contribution in [0.5, 0.6) is 0 Å². The van der Waals surface area contributed by atoms with Gasteiger partial charge in [-0.2, -0.15) is 0 Å². The van der Waals surface area contributed by atoms with E-state index in [1.54, 1.807) is 31.5 Å². The third-order valence-corrected chi connectivity index (χ3v) is 5.80. The number of aliphatic hydroxyl groups is 2. The van der Waals surface area contributed by atoms with Crippen molar-refractivity contribution in [3.8, 4) is 22.4 Å². The van der Waals surface area contributed by atoms with E-state index in [4.69, 9.17) is 16.7 Å². The van der Waals surface area contributed by atoms with Gasteiger partial charge in [0.15, 0.2) is 0 Å². The van der Waals surface area contributed by atoms with E-state index in [1.807, 2.05) is 31.2 Å². The van der Waals surface area contributed by atoms with E-state index in [1.165, 1.54) is 12.1 Å². The molecule has 0 aliphatic carbocycles. The monoisotopic (exact) mass is 508 g/mol. The second kappa shape index (κ2) is 11.4. The number of nitrogens with one attached hydrogen (secondary N) is 2. The van der Waals surface area contributed by atoms with Crippen molar-refractivity contribution >= 4 is 23.4 Å². The summed E-state index contributed by atoms with van der Waals surface area (Å²) in [7, 11) is 0. The second-order valence-electron chi connectivity index (χ2n) is 8.32. The molecule has 0 saturated heterocycles. The molecule has 2 atom stereocenters. The van der Waals surface area contributed by atoms with Crippen LogP contribution in [0.3, 0.4) is 0 Å². The summed E-state index contributed by atoms with van der Waals surface area (Å²) in [5.74, 6) is 1.05. The summed E-state index contributed by atoms with van der Waals surface area (Å²) in [6.45, 7) is 3.63. The molecule has 0 saturated carbocycles. The molecule has 0 fully saturated rings. The van der Waals surface area contributed by atoms with E-state index in [9.17, 15) is 9.50 Å². The van der Waals surface area contributed by atoms with E-state index in [-0.39, 0.29) is 24.2 Å². The van der Waals surface area contributed by atoms with Crippen molar-refractivity contribution in [3.63, 3.8) is 0 Å². The van der Waals surface area contributed by atoms with E-state index in [2.05, 4.69) is 30.6 Å². The smallest absolute Gasteiger partial charge is 0.222 e. The molecule has 4 rings (SSSR count). The van der Waals surface area contributed by atoms with E-state index < -0.39 is 11.9 Å². The topological polar surface area (TPSA) is 116 Å². The van der Waals surface area contributed by atoms with Crippen molar-refractivity contribution in [2.24, 2.45) is 0 Å². The van der Waals surface area contributed by atoms with E-state index in [0.29, 0.717) is 28.8 Å². The lowest BCUT2D eigenvalue weighted by Crippen LogP contribution is -2.23. The molecule has 4 aromatic rings. The van der Waals surface area contributed by atoms with Crippen molar-refractivity contribution in [2.45, 2.75) is 26.0 Å². The molecule has 2 heterocycles. The van der Waals surface area contributed by atoms with Crippen molar-refractivity contribution in [1.82, 2.24) is 19.9 Å². The standard InChI is InChI=1S/C26H26ClFN6O2/c1-15(32-25-10-24(33-16(2)34-25)19-6-7-22(27)23(28)9-19)17-4-3-5-18(8-17)20-11-29-26(30-12-20)31-13-21(36)14-35/h3-12,15,21,35-36H,13-14H2,1-2H3,(H,29,30,31)(H,32,33,34)/t15-,21?/m0/s1. The number of aliphatic hydroxyl groups excluding tert-OH is 2. The van der Waals surface area contributed by atoms with Crippen LogP contribution < -0.4 is 10.6 Å². The normalized spacial score (nSPS) is 12.7. The minimum Gasteiger partial charge on any atom is -0.394 e. The Kier molecular flexibility index (Phi) is 8.04. The maximum absolute atomic E-state index is 14.0. The maximum atomic E-state index is 14.0. The molecule has 8 nitrogen and oxygen atoms in total. The first-order valence-corrected chi connectivity index (χ1v) is 11.7. The number of nitrogens with zero attached hydrogens (tertiary/aromatic N) is 4. The van der Waals surface area contributed by atoms with Crippen molar-refractivity contribution in [1.29, 1.82) is 0 Å². The fraction of sp³-hybridized carbons (Fsp3) is 0.231. The molecule has 10 heteroatoms. The molecule has 0 amide bonds. The first-order valence-electron chi connectivity index (χ1n) is 11.3. The van der Waals surface area contributed by atoms with Gasteiger partial charge in [-0.25, -0.2) is 24.3 Å².